The largest absolute Gasteiger partial charge is 0.496 e. The highest BCUT2D eigenvalue weighted by molar-refractivity contribution is 5.50. The molecule has 0 unspecified atom stereocenters. The molecule has 0 saturated carbocycles. The molecular formula is C17H28N2O3. The van der Waals surface area contributed by atoms with E-state index in [1.807, 2.05) is 12.1 Å². The highest BCUT2D eigenvalue weighted by Crippen LogP contribution is 2.34. The van der Waals surface area contributed by atoms with Crippen molar-refractivity contribution < 1.29 is 14.2 Å². The Labute approximate surface area is 133 Å². The molecule has 0 bridgehead atoms. The van der Waals surface area contributed by atoms with Gasteiger partial charge in [-0.2, -0.15) is 0 Å². The van der Waals surface area contributed by atoms with Crippen LogP contribution in [0.15, 0.2) is 12.1 Å². The number of nitrogens with zero attached hydrogens (tertiary/aromatic N) is 1. The molecule has 1 atom stereocenters. The summed E-state index contributed by atoms with van der Waals surface area (Å²) < 4.78 is 16.2. The van der Waals surface area contributed by atoms with Crippen LogP contribution >= 0.6 is 0 Å². The smallest absolute Gasteiger partial charge is 0.164 e. The normalized spacial score (nSPS) is 18.5. The third-order valence-corrected chi connectivity index (χ3v) is 4.39. The van der Waals surface area contributed by atoms with Gasteiger partial charge in [-0.25, -0.2) is 0 Å². The minimum absolute atomic E-state index is 0.649. The Hall–Kier alpha value is -1.46. The summed E-state index contributed by atoms with van der Waals surface area (Å²) in [5.41, 5.74) is 1.08. The second kappa shape index (κ2) is 8.25. The van der Waals surface area contributed by atoms with Crippen molar-refractivity contribution in [2.45, 2.75) is 32.4 Å². The molecule has 1 saturated heterocycles. The second-order valence-corrected chi connectivity index (χ2v) is 5.57. The molecule has 0 aromatic heterocycles. The number of benzene rings is 1. The minimum Gasteiger partial charge on any atom is -0.496 e. The van der Waals surface area contributed by atoms with E-state index >= 15 is 0 Å². The van der Waals surface area contributed by atoms with Gasteiger partial charge in [-0.3, -0.25) is 4.90 Å². The van der Waals surface area contributed by atoms with E-state index in [1.54, 1.807) is 21.3 Å². The van der Waals surface area contributed by atoms with Crippen LogP contribution in [0.3, 0.4) is 0 Å². The van der Waals surface area contributed by atoms with E-state index < -0.39 is 0 Å². The van der Waals surface area contributed by atoms with E-state index in [4.69, 9.17) is 14.2 Å². The summed E-state index contributed by atoms with van der Waals surface area (Å²) in [7, 11) is 4.97. The van der Waals surface area contributed by atoms with Crippen LogP contribution in [-0.2, 0) is 6.54 Å². The van der Waals surface area contributed by atoms with E-state index in [0.717, 1.165) is 36.7 Å². The Morgan fingerprint density at radius 3 is 2.41 bits per heavy atom. The topological polar surface area (TPSA) is 43.0 Å². The zero-order valence-electron chi connectivity index (χ0n) is 14.1. The van der Waals surface area contributed by atoms with Crippen molar-refractivity contribution in [3.8, 4) is 17.2 Å². The molecule has 124 valence electrons. The van der Waals surface area contributed by atoms with Gasteiger partial charge in [-0.1, -0.05) is 6.92 Å². The lowest BCUT2D eigenvalue weighted by molar-refractivity contribution is 0.259. The van der Waals surface area contributed by atoms with Gasteiger partial charge in [0.05, 0.1) is 21.3 Å². The first-order chi connectivity index (χ1) is 10.7. The van der Waals surface area contributed by atoms with E-state index in [0.29, 0.717) is 11.8 Å². The molecule has 1 N–H and O–H groups in total. The predicted molar refractivity (Wildman–Crippen MR) is 88.1 cm³/mol. The maximum Gasteiger partial charge on any atom is 0.164 e. The number of likely N-dealkylation sites (N-methyl/N-ethyl adjacent to an activating group) is 1. The Balaban J connectivity index is 1.99. The average molecular weight is 308 g/mol. The van der Waals surface area contributed by atoms with Crippen LogP contribution in [0, 0.1) is 0 Å². The highest BCUT2D eigenvalue weighted by Gasteiger charge is 2.22. The van der Waals surface area contributed by atoms with Gasteiger partial charge in [0.2, 0.25) is 0 Å². The zero-order valence-corrected chi connectivity index (χ0v) is 14.1. The molecule has 1 aromatic rings. The number of nitrogens with one attached hydrogen (secondary N) is 1. The Kier molecular flexibility index (Phi) is 6.34. The molecule has 0 amide bonds. The molecule has 1 aliphatic rings. The number of rotatable bonds is 8. The molecule has 1 aliphatic heterocycles. The first kappa shape index (κ1) is 16.9. The van der Waals surface area contributed by atoms with Crippen LogP contribution in [-0.4, -0.2) is 51.9 Å². The third kappa shape index (κ3) is 3.84. The number of methoxy groups -OCH3 is 3. The molecule has 1 heterocycles. The minimum atomic E-state index is 0.649. The van der Waals surface area contributed by atoms with Gasteiger partial charge in [0.15, 0.2) is 11.5 Å². The van der Waals surface area contributed by atoms with E-state index in [-0.39, 0.29) is 0 Å². The van der Waals surface area contributed by atoms with Gasteiger partial charge in [0.25, 0.3) is 0 Å². The third-order valence-electron chi connectivity index (χ3n) is 4.39. The lowest BCUT2D eigenvalue weighted by Crippen LogP contribution is -2.37. The van der Waals surface area contributed by atoms with Crippen LogP contribution in [0.25, 0.3) is 0 Å². The summed E-state index contributed by atoms with van der Waals surface area (Å²) in [4.78, 5) is 2.54. The monoisotopic (exact) mass is 308 g/mol. The lowest BCUT2D eigenvalue weighted by atomic mass is 10.1. The van der Waals surface area contributed by atoms with Crippen LogP contribution in [0.2, 0.25) is 0 Å². The van der Waals surface area contributed by atoms with Crippen molar-refractivity contribution in [3.63, 3.8) is 0 Å². The van der Waals surface area contributed by atoms with Crippen molar-refractivity contribution in [1.82, 2.24) is 10.2 Å². The molecular weight excluding hydrogens is 280 g/mol. The predicted octanol–water partition coefficient (Wildman–Crippen LogP) is 2.29. The molecule has 2 rings (SSSR count). The van der Waals surface area contributed by atoms with Crippen molar-refractivity contribution in [2.24, 2.45) is 0 Å². The fourth-order valence-electron chi connectivity index (χ4n) is 3.15. The van der Waals surface area contributed by atoms with Gasteiger partial charge >= 0.3 is 0 Å². The second-order valence-electron chi connectivity index (χ2n) is 5.57. The molecule has 0 spiro atoms. The molecule has 0 aliphatic carbocycles. The first-order valence-electron chi connectivity index (χ1n) is 7.97. The Morgan fingerprint density at radius 2 is 1.77 bits per heavy atom. The maximum atomic E-state index is 5.47. The molecule has 1 aromatic carbocycles. The van der Waals surface area contributed by atoms with Gasteiger partial charge < -0.3 is 19.5 Å². The van der Waals surface area contributed by atoms with Crippen molar-refractivity contribution >= 4 is 0 Å². The van der Waals surface area contributed by atoms with Crippen LogP contribution in [0.5, 0.6) is 17.2 Å². The Bertz CT molecular complexity index is 479. The molecule has 22 heavy (non-hydrogen) atoms. The summed E-state index contributed by atoms with van der Waals surface area (Å²) in [6.45, 7) is 6.35. The first-order valence-corrected chi connectivity index (χ1v) is 7.97. The summed E-state index contributed by atoms with van der Waals surface area (Å²) in [5.74, 6) is 2.25. The number of hydrogen-bond donors (Lipinski definition) is 1. The van der Waals surface area contributed by atoms with Gasteiger partial charge in [0.1, 0.15) is 5.75 Å². The van der Waals surface area contributed by atoms with Gasteiger partial charge in [0, 0.05) is 30.8 Å². The van der Waals surface area contributed by atoms with Crippen LogP contribution < -0.4 is 19.5 Å². The summed E-state index contributed by atoms with van der Waals surface area (Å²) >= 11 is 0. The van der Waals surface area contributed by atoms with Crippen molar-refractivity contribution in [3.05, 3.63) is 17.7 Å². The van der Waals surface area contributed by atoms with E-state index in [9.17, 15) is 0 Å². The molecule has 1 fully saturated rings. The summed E-state index contributed by atoms with van der Waals surface area (Å²) in [6, 6.07) is 4.51. The molecule has 0 radical (unpaired) electrons. The molecule has 5 heteroatoms. The summed E-state index contributed by atoms with van der Waals surface area (Å²) in [5, 5.41) is 3.55. The SMILES string of the molecule is CCN1CCC[C@H]1CNCc1cc(OC)c(OC)cc1OC. The lowest BCUT2D eigenvalue weighted by Gasteiger charge is -2.23. The highest BCUT2D eigenvalue weighted by atomic mass is 16.5. The van der Waals surface area contributed by atoms with Gasteiger partial charge in [-0.15, -0.1) is 0 Å². The average Bonchev–Trinajstić information content (AvgIpc) is 3.01. The van der Waals surface area contributed by atoms with Crippen molar-refractivity contribution in [2.75, 3.05) is 41.0 Å². The fraction of sp³-hybridized carbons (Fsp3) is 0.647. The number of likely N-dealkylation sites (tertiary alicyclic amines) is 1. The number of ether oxygens (including phenoxy) is 3. The molecule has 5 nitrogen and oxygen atoms in total. The maximum absolute atomic E-state index is 5.47. The standard InChI is InChI=1S/C17H28N2O3/c1-5-19-8-6-7-14(19)12-18-11-13-9-16(21-3)17(22-4)10-15(13)20-2/h9-10,14,18H,5-8,11-12H2,1-4H3/t14-/m0/s1. The number of hydrogen-bond acceptors (Lipinski definition) is 5. The quantitative estimate of drug-likeness (QED) is 0.798. The summed E-state index contributed by atoms with van der Waals surface area (Å²) in [6.07, 6.45) is 2.59. The zero-order chi connectivity index (χ0) is 15.9. The van der Waals surface area contributed by atoms with E-state index in [2.05, 4.69) is 17.1 Å². The van der Waals surface area contributed by atoms with Crippen LogP contribution in [0.1, 0.15) is 25.3 Å². The fourth-order valence-corrected chi connectivity index (χ4v) is 3.15. The van der Waals surface area contributed by atoms with Crippen LogP contribution in [0.4, 0.5) is 0 Å². The van der Waals surface area contributed by atoms with Crippen molar-refractivity contribution in [1.29, 1.82) is 0 Å². The van der Waals surface area contributed by atoms with Gasteiger partial charge in [-0.05, 0) is 32.0 Å². The van der Waals surface area contributed by atoms with E-state index in [1.165, 1.54) is 19.4 Å². The Morgan fingerprint density at radius 1 is 1.09 bits per heavy atom.